The molecule has 0 aromatic heterocycles. The van der Waals surface area contributed by atoms with Crippen LogP contribution in [0, 0.1) is 16.2 Å². The van der Waals surface area contributed by atoms with Gasteiger partial charge in [0.05, 0.1) is 0 Å². The van der Waals surface area contributed by atoms with E-state index in [1.54, 1.807) is 5.57 Å². The van der Waals surface area contributed by atoms with E-state index in [4.69, 9.17) is 0 Å². The third kappa shape index (κ3) is 2.53. The first-order valence-corrected chi connectivity index (χ1v) is 5.95. The summed E-state index contributed by atoms with van der Waals surface area (Å²) in [6, 6.07) is 0. The van der Waals surface area contributed by atoms with E-state index in [9.17, 15) is 0 Å². The second-order valence-electron chi connectivity index (χ2n) is 7.15. The van der Waals surface area contributed by atoms with Gasteiger partial charge in [0.2, 0.25) is 0 Å². The predicted octanol–water partition coefficient (Wildman–Crippen LogP) is 4.97. The van der Waals surface area contributed by atoms with Crippen molar-refractivity contribution in [2.24, 2.45) is 16.2 Å². The highest BCUT2D eigenvalue weighted by molar-refractivity contribution is 5.28. The highest BCUT2D eigenvalue weighted by atomic mass is 14.4. The molecule has 1 aliphatic rings. The fraction of sp³-hybridized carbons (Fsp3) is 0.733. The Bertz CT molecular complexity index is 291. The van der Waals surface area contributed by atoms with Gasteiger partial charge < -0.3 is 0 Å². The van der Waals surface area contributed by atoms with Crippen LogP contribution in [0.5, 0.6) is 0 Å². The smallest absolute Gasteiger partial charge is 0.00575 e. The molecule has 0 saturated carbocycles. The first kappa shape index (κ1) is 12.5. The fourth-order valence-corrected chi connectivity index (χ4v) is 1.92. The molecule has 0 amide bonds. The number of allylic oxidation sites excluding steroid dienone is 4. The minimum Gasteiger partial charge on any atom is -0.0777 e. The van der Waals surface area contributed by atoms with Gasteiger partial charge in [-0.2, -0.15) is 0 Å². The van der Waals surface area contributed by atoms with Crippen LogP contribution in [0.2, 0.25) is 0 Å². The lowest BCUT2D eigenvalue weighted by Gasteiger charge is -2.44. The van der Waals surface area contributed by atoms with E-state index < -0.39 is 0 Å². The minimum absolute atomic E-state index is 0.296. The molecule has 0 saturated heterocycles. The first-order chi connectivity index (χ1) is 6.56. The Labute approximate surface area is 95.5 Å². The van der Waals surface area contributed by atoms with E-state index in [-0.39, 0.29) is 0 Å². The van der Waals surface area contributed by atoms with Gasteiger partial charge in [0.15, 0.2) is 0 Å². The highest BCUT2D eigenvalue weighted by Gasteiger charge is 2.38. The Morgan fingerprint density at radius 1 is 1.07 bits per heavy atom. The fourth-order valence-electron chi connectivity index (χ4n) is 1.92. The number of rotatable bonds is 0. The van der Waals surface area contributed by atoms with Crippen LogP contribution in [0.15, 0.2) is 23.8 Å². The minimum atomic E-state index is 0.296. The molecule has 0 radical (unpaired) electrons. The van der Waals surface area contributed by atoms with Crippen molar-refractivity contribution in [3.8, 4) is 0 Å². The average Bonchev–Trinajstić information content (AvgIpc) is 2.00. The maximum absolute atomic E-state index is 2.38. The lowest BCUT2D eigenvalue weighted by Crippen LogP contribution is -2.34. The van der Waals surface area contributed by atoms with Crippen molar-refractivity contribution in [3.63, 3.8) is 0 Å². The summed E-state index contributed by atoms with van der Waals surface area (Å²) in [5, 5.41) is 0. The zero-order valence-electron chi connectivity index (χ0n) is 11.4. The Balaban J connectivity index is 2.99. The van der Waals surface area contributed by atoms with Gasteiger partial charge in [-0.3, -0.25) is 0 Å². The second kappa shape index (κ2) is 3.50. The standard InChI is InChI=1S/C15H26/c1-13(2,3)12-9-8-10-15(7,11-12)14(4,5)6/h8-10H,11H2,1-7H3. The molecule has 0 heteroatoms. The molecule has 86 valence electrons. The molecule has 0 aromatic rings. The van der Waals surface area contributed by atoms with Gasteiger partial charge in [0, 0.05) is 0 Å². The summed E-state index contributed by atoms with van der Waals surface area (Å²) < 4.78 is 0. The zero-order valence-corrected chi connectivity index (χ0v) is 11.4. The molecule has 0 fully saturated rings. The third-order valence-electron chi connectivity index (χ3n) is 4.00. The van der Waals surface area contributed by atoms with Crippen molar-refractivity contribution in [3.05, 3.63) is 23.8 Å². The van der Waals surface area contributed by atoms with Crippen LogP contribution in [0.25, 0.3) is 0 Å². The molecule has 0 heterocycles. The molecule has 1 aliphatic carbocycles. The maximum atomic E-state index is 2.38. The quantitative estimate of drug-likeness (QED) is 0.525. The number of hydrogen-bond acceptors (Lipinski definition) is 0. The van der Waals surface area contributed by atoms with E-state index in [0.29, 0.717) is 16.2 Å². The molecule has 0 bridgehead atoms. The molecule has 0 aromatic carbocycles. The molecule has 0 N–H and O–H groups in total. The van der Waals surface area contributed by atoms with Crippen LogP contribution in [0.1, 0.15) is 54.9 Å². The van der Waals surface area contributed by atoms with Crippen molar-refractivity contribution in [2.75, 3.05) is 0 Å². The van der Waals surface area contributed by atoms with Crippen molar-refractivity contribution in [1.29, 1.82) is 0 Å². The van der Waals surface area contributed by atoms with Crippen molar-refractivity contribution >= 4 is 0 Å². The van der Waals surface area contributed by atoms with E-state index in [1.807, 2.05) is 0 Å². The van der Waals surface area contributed by atoms with Gasteiger partial charge in [0.25, 0.3) is 0 Å². The van der Waals surface area contributed by atoms with Gasteiger partial charge in [0.1, 0.15) is 0 Å². The third-order valence-corrected chi connectivity index (χ3v) is 4.00. The van der Waals surface area contributed by atoms with E-state index in [0.717, 1.165) is 0 Å². The van der Waals surface area contributed by atoms with Gasteiger partial charge in [-0.05, 0) is 22.7 Å². The largest absolute Gasteiger partial charge is 0.0777 e. The number of hydrogen-bond donors (Lipinski definition) is 0. The zero-order chi connectivity index (χ0) is 11.9. The summed E-state index contributed by atoms with van der Waals surface area (Å²) in [4.78, 5) is 0. The van der Waals surface area contributed by atoms with Crippen LogP contribution in [-0.4, -0.2) is 0 Å². The topological polar surface area (TPSA) is 0 Å². The van der Waals surface area contributed by atoms with Gasteiger partial charge in [-0.15, -0.1) is 0 Å². The van der Waals surface area contributed by atoms with Crippen molar-refractivity contribution in [2.45, 2.75) is 54.9 Å². The summed E-state index contributed by atoms with van der Waals surface area (Å²) in [7, 11) is 0. The molecule has 15 heavy (non-hydrogen) atoms. The van der Waals surface area contributed by atoms with Gasteiger partial charge in [-0.25, -0.2) is 0 Å². The Kier molecular flexibility index (Phi) is 2.93. The Morgan fingerprint density at radius 2 is 1.60 bits per heavy atom. The van der Waals surface area contributed by atoms with Crippen LogP contribution < -0.4 is 0 Å². The van der Waals surface area contributed by atoms with Crippen LogP contribution in [-0.2, 0) is 0 Å². The van der Waals surface area contributed by atoms with E-state index in [1.165, 1.54) is 6.42 Å². The van der Waals surface area contributed by atoms with Crippen LogP contribution in [0.4, 0.5) is 0 Å². The molecule has 0 spiro atoms. The highest BCUT2D eigenvalue weighted by Crippen LogP contribution is 2.49. The maximum Gasteiger partial charge on any atom is -0.00575 e. The normalized spacial score (nSPS) is 27.8. The molecule has 1 atom stereocenters. The Morgan fingerprint density at radius 3 is 2.00 bits per heavy atom. The van der Waals surface area contributed by atoms with Gasteiger partial charge in [-0.1, -0.05) is 72.3 Å². The van der Waals surface area contributed by atoms with E-state index >= 15 is 0 Å². The van der Waals surface area contributed by atoms with Crippen LogP contribution >= 0.6 is 0 Å². The first-order valence-electron chi connectivity index (χ1n) is 5.95. The summed E-state index contributed by atoms with van der Waals surface area (Å²) in [6.07, 6.45) is 8.11. The van der Waals surface area contributed by atoms with E-state index in [2.05, 4.69) is 66.7 Å². The summed E-state index contributed by atoms with van der Waals surface area (Å²) >= 11 is 0. The molecular weight excluding hydrogens is 180 g/mol. The molecular formula is C15H26. The van der Waals surface area contributed by atoms with Gasteiger partial charge >= 0.3 is 0 Å². The lowest BCUT2D eigenvalue weighted by molar-refractivity contribution is 0.157. The summed E-state index contributed by atoms with van der Waals surface area (Å²) in [5.74, 6) is 0. The molecule has 1 rings (SSSR count). The molecule has 0 nitrogen and oxygen atoms in total. The SMILES string of the molecule is CC(C)(C)C1=CC=CC(C)(C(C)(C)C)C1. The van der Waals surface area contributed by atoms with Crippen molar-refractivity contribution < 1.29 is 0 Å². The van der Waals surface area contributed by atoms with Crippen molar-refractivity contribution in [1.82, 2.24) is 0 Å². The average molecular weight is 206 g/mol. The second-order valence-corrected chi connectivity index (χ2v) is 7.15. The summed E-state index contributed by atoms with van der Waals surface area (Å²) in [5.41, 5.74) is 2.50. The molecule has 1 unspecified atom stereocenters. The monoisotopic (exact) mass is 206 g/mol. The predicted molar refractivity (Wildman–Crippen MR) is 68.9 cm³/mol. The molecule has 0 aliphatic heterocycles. The van der Waals surface area contributed by atoms with Crippen LogP contribution in [0.3, 0.4) is 0 Å². The summed E-state index contributed by atoms with van der Waals surface area (Å²) in [6.45, 7) is 16.3. The Hall–Kier alpha value is -0.520. The lowest BCUT2D eigenvalue weighted by atomic mass is 9.61.